The molecule has 0 amide bonds. The van der Waals surface area contributed by atoms with Gasteiger partial charge in [0.25, 0.3) is 11.5 Å². The first-order valence-electron chi connectivity index (χ1n) is 6.31. The van der Waals surface area contributed by atoms with Crippen molar-refractivity contribution in [1.29, 1.82) is 0 Å². The molecule has 0 atom stereocenters. The Bertz CT molecular complexity index is 829. The molecule has 0 unspecified atom stereocenters. The zero-order chi connectivity index (χ0) is 16.8. The van der Waals surface area contributed by atoms with Gasteiger partial charge in [-0.25, -0.2) is 0 Å². The third kappa shape index (κ3) is 2.87. The zero-order valence-corrected chi connectivity index (χ0v) is 12.0. The number of rotatable bonds is 2. The highest BCUT2D eigenvalue weighted by atomic mass is 35.5. The monoisotopic (exact) mass is 341 g/mol. The number of hydrogen-bond acceptors (Lipinski definition) is 3. The van der Waals surface area contributed by atoms with E-state index in [0.29, 0.717) is 9.76 Å². The molecule has 118 valence electrons. The number of hydrogen-bond donors (Lipinski definition) is 0. The quantitative estimate of drug-likeness (QED) is 0.611. The summed E-state index contributed by atoms with van der Waals surface area (Å²) in [6.07, 6.45) is -4.81. The van der Waals surface area contributed by atoms with E-state index in [9.17, 15) is 23.2 Å². The molecule has 1 aliphatic rings. The predicted molar refractivity (Wildman–Crippen MR) is 76.3 cm³/mol. The summed E-state index contributed by atoms with van der Waals surface area (Å²) in [6.45, 7) is 0. The van der Waals surface area contributed by atoms with Crippen molar-refractivity contribution < 1.29 is 27.4 Å². The van der Waals surface area contributed by atoms with Crippen molar-refractivity contribution in [2.24, 2.45) is 0 Å². The topological polar surface area (TPSA) is 52.4 Å². The first kappa shape index (κ1) is 15.4. The van der Waals surface area contributed by atoms with E-state index in [-0.39, 0.29) is 22.5 Å². The fourth-order valence-electron chi connectivity index (χ4n) is 2.27. The lowest BCUT2D eigenvalue weighted by molar-refractivity contribution is -0.355. The molecular formula is C15H7ClF3NO3. The molecule has 0 bridgehead atoms. The van der Waals surface area contributed by atoms with Gasteiger partial charge in [-0.2, -0.15) is 4.74 Å². The van der Waals surface area contributed by atoms with Gasteiger partial charge in [0.15, 0.2) is 0 Å². The highest BCUT2D eigenvalue weighted by Gasteiger charge is 2.37. The Morgan fingerprint density at radius 3 is 2.35 bits per heavy atom. The van der Waals surface area contributed by atoms with Crippen LogP contribution in [0.4, 0.5) is 18.9 Å². The van der Waals surface area contributed by atoms with Crippen LogP contribution in [0.3, 0.4) is 0 Å². The number of ether oxygens (including phenoxy) is 1. The number of carbonyl (C=O) groups is 1. The molecule has 0 fully saturated rings. The third-order valence-corrected chi connectivity index (χ3v) is 3.44. The van der Waals surface area contributed by atoms with Gasteiger partial charge in [-0.1, -0.05) is 11.6 Å². The Kier molecular flexibility index (Phi) is 3.52. The summed E-state index contributed by atoms with van der Waals surface area (Å²) >= 11 is 5.80. The number of Topliss-reactive ketones (excluding diaryl/α,β-unsaturated/α-hetero) is 1. The standard InChI is InChI=1S/C15H7ClF3NO3/c16-9-3-6-11-12(7-9)20(22)13(14(11)21)8-1-4-10(5-2-8)23-15(17,18)19/h1-7H. The number of alkyl halides is 3. The minimum absolute atomic E-state index is 0.105. The largest absolute Gasteiger partial charge is 0.618 e. The molecule has 23 heavy (non-hydrogen) atoms. The van der Waals surface area contributed by atoms with Crippen molar-refractivity contribution in [1.82, 2.24) is 0 Å². The van der Waals surface area contributed by atoms with E-state index in [1.54, 1.807) is 0 Å². The molecule has 0 saturated carbocycles. The van der Waals surface area contributed by atoms with Crippen LogP contribution in [0.1, 0.15) is 15.9 Å². The van der Waals surface area contributed by atoms with Gasteiger partial charge in [0.05, 0.1) is 5.56 Å². The molecule has 0 saturated heterocycles. The summed E-state index contributed by atoms with van der Waals surface area (Å²) in [5.74, 6) is -0.957. The van der Waals surface area contributed by atoms with Crippen LogP contribution in [-0.4, -0.2) is 22.6 Å². The van der Waals surface area contributed by atoms with E-state index in [4.69, 9.17) is 11.6 Å². The number of carbonyl (C=O) groups excluding carboxylic acids is 1. The van der Waals surface area contributed by atoms with Crippen molar-refractivity contribution in [3.05, 3.63) is 63.8 Å². The fourth-order valence-corrected chi connectivity index (χ4v) is 2.43. The molecule has 8 heteroatoms. The first-order valence-corrected chi connectivity index (χ1v) is 6.69. The van der Waals surface area contributed by atoms with Crippen molar-refractivity contribution in [3.63, 3.8) is 0 Å². The highest BCUT2D eigenvalue weighted by molar-refractivity contribution is 6.52. The van der Waals surface area contributed by atoms with Crippen molar-refractivity contribution in [2.75, 3.05) is 0 Å². The molecule has 4 nitrogen and oxygen atoms in total. The minimum Gasteiger partial charge on any atom is -0.618 e. The molecular weight excluding hydrogens is 335 g/mol. The first-order chi connectivity index (χ1) is 10.8. The van der Waals surface area contributed by atoms with Gasteiger partial charge < -0.3 is 9.94 Å². The molecule has 1 aliphatic heterocycles. The lowest BCUT2D eigenvalue weighted by Gasteiger charge is -2.08. The number of nitrogens with zero attached hydrogens (tertiary/aromatic N) is 1. The van der Waals surface area contributed by atoms with Gasteiger partial charge in [0, 0.05) is 11.1 Å². The van der Waals surface area contributed by atoms with Gasteiger partial charge >= 0.3 is 6.36 Å². The molecule has 0 N–H and O–H groups in total. The van der Waals surface area contributed by atoms with Crippen LogP contribution in [0.5, 0.6) is 5.75 Å². The SMILES string of the molecule is O=C1C(c2ccc(OC(F)(F)F)cc2)=[N+]([O-])c2cc(Cl)ccc21. The summed E-state index contributed by atoms with van der Waals surface area (Å²) in [6, 6.07) is 8.77. The normalized spacial score (nSPS) is 14.2. The number of ketones is 1. The lowest BCUT2D eigenvalue weighted by Crippen LogP contribution is -2.18. The van der Waals surface area contributed by atoms with Crippen LogP contribution in [0.15, 0.2) is 42.5 Å². The molecule has 0 spiro atoms. The Morgan fingerprint density at radius 2 is 1.74 bits per heavy atom. The number of fused-ring (bicyclic) bond motifs is 1. The summed E-state index contributed by atoms with van der Waals surface area (Å²) in [5, 5.41) is 12.6. The molecule has 1 heterocycles. The number of benzene rings is 2. The van der Waals surface area contributed by atoms with Crippen LogP contribution in [0.2, 0.25) is 5.02 Å². The van der Waals surface area contributed by atoms with E-state index in [1.807, 2.05) is 0 Å². The summed E-state index contributed by atoms with van der Waals surface area (Å²) < 4.78 is 40.6. The molecule has 2 aromatic carbocycles. The van der Waals surface area contributed by atoms with Crippen LogP contribution in [0.25, 0.3) is 0 Å². The Balaban J connectivity index is 1.98. The average Bonchev–Trinajstić information content (AvgIpc) is 2.70. The maximum absolute atomic E-state index is 12.3. The third-order valence-electron chi connectivity index (χ3n) is 3.20. The Hall–Kier alpha value is -2.54. The van der Waals surface area contributed by atoms with E-state index >= 15 is 0 Å². The van der Waals surface area contributed by atoms with Gasteiger partial charge in [0.2, 0.25) is 5.69 Å². The second kappa shape index (κ2) is 5.27. The van der Waals surface area contributed by atoms with Gasteiger partial charge in [-0.15, -0.1) is 13.2 Å². The molecule has 0 radical (unpaired) electrons. The molecule has 0 aromatic heterocycles. The summed E-state index contributed by atoms with van der Waals surface area (Å²) in [5.41, 5.74) is 0.302. The minimum atomic E-state index is -4.81. The van der Waals surface area contributed by atoms with E-state index in [1.165, 1.54) is 30.3 Å². The van der Waals surface area contributed by atoms with Crippen molar-refractivity contribution >= 4 is 28.8 Å². The summed E-state index contributed by atoms with van der Waals surface area (Å²) in [7, 11) is 0. The van der Waals surface area contributed by atoms with Crippen LogP contribution in [0, 0.1) is 5.21 Å². The second-order valence-corrected chi connectivity index (χ2v) is 5.14. The van der Waals surface area contributed by atoms with E-state index < -0.39 is 17.9 Å². The smallest absolute Gasteiger partial charge is 0.573 e. The van der Waals surface area contributed by atoms with Crippen molar-refractivity contribution in [2.45, 2.75) is 6.36 Å². The Labute approximate surface area is 133 Å². The van der Waals surface area contributed by atoms with Gasteiger partial charge in [-0.3, -0.25) is 4.79 Å². The molecule has 3 rings (SSSR count). The van der Waals surface area contributed by atoms with E-state index in [0.717, 1.165) is 12.1 Å². The van der Waals surface area contributed by atoms with Gasteiger partial charge in [0.1, 0.15) is 11.3 Å². The Morgan fingerprint density at radius 1 is 1.09 bits per heavy atom. The second-order valence-electron chi connectivity index (χ2n) is 4.71. The van der Waals surface area contributed by atoms with E-state index in [2.05, 4.69) is 4.74 Å². The zero-order valence-electron chi connectivity index (χ0n) is 11.2. The van der Waals surface area contributed by atoms with Crippen LogP contribution < -0.4 is 4.74 Å². The lowest BCUT2D eigenvalue weighted by atomic mass is 10.0. The number of halogens is 4. The maximum atomic E-state index is 12.3. The van der Waals surface area contributed by atoms with Crippen LogP contribution in [-0.2, 0) is 0 Å². The highest BCUT2D eigenvalue weighted by Crippen LogP contribution is 2.31. The summed E-state index contributed by atoms with van der Waals surface area (Å²) in [4.78, 5) is 12.3. The average molecular weight is 342 g/mol. The van der Waals surface area contributed by atoms with Gasteiger partial charge in [-0.05, 0) is 36.4 Å². The van der Waals surface area contributed by atoms with Crippen LogP contribution >= 0.6 is 11.6 Å². The maximum Gasteiger partial charge on any atom is 0.573 e. The molecule has 2 aromatic rings. The van der Waals surface area contributed by atoms with Crippen molar-refractivity contribution in [3.8, 4) is 5.75 Å². The molecule has 0 aliphatic carbocycles. The predicted octanol–water partition coefficient (Wildman–Crippen LogP) is 4.07. The fraction of sp³-hybridized carbons (Fsp3) is 0.0667.